The molecule has 0 bridgehead atoms. The number of amides is 1. The van der Waals surface area contributed by atoms with E-state index in [1.807, 2.05) is 49.1 Å². The van der Waals surface area contributed by atoms with Crippen molar-refractivity contribution in [1.82, 2.24) is 9.88 Å². The maximum atomic E-state index is 13.2. The molecule has 0 fully saturated rings. The van der Waals surface area contributed by atoms with Crippen molar-refractivity contribution in [2.24, 2.45) is 5.92 Å². The van der Waals surface area contributed by atoms with Gasteiger partial charge in [0.05, 0.1) is 13.2 Å². The van der Waals surface area contributed by atoms with Gasteiger partial charge in [-0.2, -0.15) is 0 Å². The smallest absolute Gasteiger partial charge is 0.660 e. The topological polar surface area (TPSA) is 68.7 Å². The number of benzene rings is 2. The third-order valence-electron chi connectivity index (χ3n) is 6.87. The average Bonchev–Trinajstić information content (AvgIpc) is 3.26. The van der Waals surface area contributed by atoms with E-state index in [2.05, 4.69) is 36.3 Å². The first-order valence-corrected chi connectivity index (χ1v) is 14.3. The number of nitrogens with one attached hydrogen (secondary N) is 1. The predicted molar refractivity (Wildman–Crippen MR) is 156 cm³/mol. The first-order chi connectivity index (χ1) is 18.3. The third kappa shape index (κ3) is 8.44. The number of nitrogens with zero attached hydrogens (tertiary/aromatic N) is 2. The molecule has 0 saturated carbocycles. The molecule has 1 aliphatic heterocycles. The molecule has 0 aliphatic carbocycles. The van der Waals surface area contributed by atoms with E-state index in [4.69, 9.17) is 21.1 Å². The van der Waals surface area contributed by atoms with Crippen LogP contribution in [0.4, 0.5) is 4.79 Å². The van der Waals surface area contributed by atoms with Gasteiger partial charge in [-0.1, -0.05) is 70.7 Å². The summed E-state index contributed by atoms with van der Waals surface area (Å²) < 4.78 is 11.7. The number of carbonyl (C=O) groups excluding carboxylic acids is 1. The van der Waals surface area contributed by atoms with E-state index >= 15 is 0 Å². The van der Waals surface area contributed by atoms with Gasteiger partial charge in [-0.3, -0.25) is 4.90 Å². The van der Waals surface area contributed by atoms with Crippen LogP contribution in [0.5, 0.6) is 5.75 Å². The van der Waals surface area contributed by atoms with Crippen LogP contribution in [0.25, 0.3) is 16.2 Å². The summed E-state index contributed by atoms with van der Waals surface area (Å²) in [5.41, 5.74) is 4.28. The predicted octanol–water partition coefficient (Wildman–Crippen LogP) is 5.29. The number of aromatic nitrogens is 1. The molecule has 1 aliphatic rings. The Morgan fingerprint density at radius 3 is 2.54 bits per heavy atom. The Bertz CT molecular complexity index is 1200. The fourth-order valence-corrected chi connectivity index (χ4v) is 5.15. The molecule has 4 rings (SSSR count). The van der Waals surface area contributed by atoms with Gasteiger partial charge in [-0.15, -0.1) is 12.6 Å². The molecule has 1 atom stereocenters. The molecule has 1 amide bonds. The SMILES string of the molecule is CC(C)COC(=O)N1CCc2c([nH]c3ccc(Cl)cc23)C1c1ccc(OCCCCCC[N-]C(C)C)cc1.[Li+]. The molecule has 1 N–H and O–H groups in total. The zero-order valence-corrected chi connectivity index (χ0v) is 24.9. The second-order valence-electron chi connectivity index (χ2n) is 10.9. The molecule has 0 saturated heterocycles. The Kier molecular flexibility index (Phi) is 12.1. The van der Waals surface area contributed by atoms with Crippen LogP contribution in [0.3, 0.4) is 0 Å². The summed E-state index contributed by atoms with van der Waals surface area (Å²) in [6.45, 7) is 11.0. The number of halogens is 1. The van der Waals surface area contributed by atoms with Crippen molar-refractivity contribution in [3.63, 3.8) is 0 Å². The molecule has 2 aromatic carbocycles. The quantitative estimate of drug-likeness (QED) is 0.248. The number of hydrogen-bond donors (Lipinski definition) is 1. The number of aromatic amines is 1. The Morgan fingerprint density at radius 2 is 1.82 bits per heavy atom. The summed E-state index contributed by atoms with van der Waals surface area (Å²) >= 11 is 6.32. The van der Waals surface area contributed by atoms with Crippen LogP contribution >= 0.6 is 11.6 Å². The van der Waals surface area contributed by atoms with E-state index in [1.54, 1.807) is 0 Å². The summed E-state index contributed by atoms with van der Waals surface area (Å²) in [6, 6.07) is 14.2. The molecule has 39 heavy (non-hydrogen) atoms. The molecule has 0 spiro atoms. The largest absolute Gasteiger partial charge is 1.00 e. The van der Waals surface area contributed by atoms with Crippen LogP contribution in [0.1, 0.15) is 76.2 Å². The molecule has 8 heteroatoms. The van der Waals surface area contributed by atoms with Gasteiger partial charge in [0.25, 0.3) is 0 Å². The molecular weight excluding hydrogens is 505 g/mol. The zero-order valence-electron chi connectivity index (χ0n) is 24.1. The van der Waals surface area contributed by atoms with E-state index in [0.29, 0.717) is 30.8 Å². The number of carbonyl (C=O) groups is 1. The molecule has 6 nitrogen and oxygen atoms in total. The van der Waals surface area contributed by atoms with Gasteiger partial charge < -0.3 is 19.8 Å². The van der Waals surface area contributed by atoms with Crippen molar-refractivity contribution in [2.45, 2.75) is 71.9 Å². The monoisotopic (exact) mass is 545 g/mol. The zero-order chi connectivity index (χ0) is 27.1. The molecule has 0 radical (unpaired) electrons. The van der Waals surface area contributed by atoms with Crippen LogP contribution in [0.2, 0.25) is 5.02 Å². The third-order valence-corrected chi connectivity index (χ3v) is 7.11. The number of H-pyrrole nitrogens is 1. The Morgan fingerprint density at radius 1 is 1.08 bits per heavy atom. The maximum absolute atomic E-state index is 13.2. The summed E-state index contributed by atoms with van der Waals surface area (Å²) in [6.07, 6.45) is 4.97. The van der Waals surface area contributed by atoms with Crippen LogP contribution in [-0.4, -0.2) is 48.3 Å². The van der Waals surface area contributed by atoms with Crippen molar-refractivity contribution in [1.29, 1.82) is 0 Å². The normalized spacial score (nSPS) is 14.9. The minimum absolute atomic E-state index is 0. The Labute approximate surface area is 250 Å². The minimum Gasteiger partial charge on any atom is -0.660 e. The van der Waals surface area contributed by atoms with Gasteiger partial charge in [0.15, 0.2) is 0 Å². The number of ether oxygens (including phenoxy) is 2. The summed E-state index contributed by atoms with van der Waals surface area (Å²) in [7, 11) is 0. The fraction of sp³-hybridized carbons (Fsp3) is 0.516. The molecule has 1 aromatic heterocycles. The number of unbranched alkanes of at least 4 members (excludes halogenated alkanes) is 3. The van der Waals surface area contributed by atoms with Gasteiger partial charge in [0.2, 0.25) is 0 Å². The van der Waals surface area contributed by atoms with E-state index in [-0.39, 0.29) is 36.9 Å². The van der Waals surface area contributed by atoms with Crippen molar-refractivity contribution < 1.29 is 33.1 Å². The molecule has 2 heterocycles. The molecule has 206 valence electrons. The van der Waals surface area contributed by atoms with E-state index in [9.17, 15) is 4.79 Å². The molecular formula is C31H41ClLiN3O3. The standard InChI is InChI=1S/C31H41ClN3O3.Li/c1-21(2)20-38-31(36)35-17-15-26-27-19-24(32)11-14-28(27)34-29(26)30(35)23-9-12-25(13-10-23)37-18-8-6-5-7-16-33-22(3)4;/h9-14,19,21-22,30,34H,5-8,15-18,20H2,1-4H3;/q-1;+1. The van der Waals surface area contributed by atoms with E-state index in [1.165, 1.54) is 12.0 Å². The Balaban J connectivity index is 0.00000420. The van der Waals surface area contributed by atoms with Gasteiger partial charge in [-0.05, 0) is 60.2 Å². The summed E-state index contributed by atoms with van der Waals surface area (Å²) in [5.74, 6) is 1.12. The van der Waals surface area contributed by atoms with Crippen molar-refractivity contribution in [2.75, 3.05) is 26.3 Å². The van der Waals surface area contributed by atoms with Crippen molar-refractivity contribution in [3.05, 3.63) is 69.6 Å². The average molecular weight is 546 g/mol. The van der Waals surface area contributed by atoms with E-state index < -0.39 is 0 Å². The van der Waals surface area contributed by atoms with Crippen LogP contribution < -0.4 is 23.6 Å². The van der Waals surface area contributed by atoms with Gasteiger partial charge in [0.1, 0.15) is 11.8 Å². The maximum Gasteiger partial charge on any atom is 1.00 e. The van der Waals surface area contributed by atoms with Crippen molar-refractivity contribution >= 4 is 28.6 Å². The first kappa shape index (κ1) is 31.4. The number of rotatable bonds is 12. The van der Waals surface area contributed by atoms with Crippen LogP contribution in [-0.2, 0) is 11.2 Å². The summed E-state index contributed by atoms with van der Waals surface area (Å²) in [5, 5.41) is 6.36. The second kappa shape index (κ2) is 15.0. The molecule has 3 aromatic rings. The minimum atomic E-state index is -0.285. The summed E-state index contributed by atoms with van der Waals surface area (Å²) in [4.78, 5) is 18.6. The van der Waals surface area contributed by atoms with Gasteiger partial charge in [0, 0.05) is 28.2 Å². The van der Waals surface area contributed by atoms with Gasteiger partial charge in [-0.25, -0.2) is 4.79 Å². The van der Waals surface area contributed by atoms with Crippen molar-refractivity contribution in [3.8, 4) is 5.75 Å². The van der Waals surface area contributed by atoms with Crippen LogP contribution in [0, 0.1) is 5.92 Å². The number of hydrogen-bond acceptors (Lipinski definition) is 3. The van der Waals surface area contributed by atoms with Gasteiger partial charge >= 0.3 is 25.0 Å². The van der Waals surface area contributed by atoms with Crippen LogP contribution in [0.15, 0.2) is 42.5 Å². The first-order valence-electron chi connectivity index (χ1n) is 14.0. The second-order valence-corrected chi connectivity index (χ2v) is 11.3. The number of fused-ring (bicyclic) bond motifs is 3. The van der Waals surface area contributed by atoms with E-state index in [0.717, 1.165) is 60.1 Å². The Hall–Kier alpha value is -2.10. The molecule has 1 unspecified atom stereocenters. The fourth-order valence-electron chi connectivity index (χ4n) is 4.98.